The van der Waals surface area contributed by atoms with Gasteiger partial charge >= 0.3 is 0 Å². The van der Waals surface area contributed by atoms with Gasteiger partial charge in [-0.15, -0.1) is 0 Å². The first kappa shape index (κ1) is 88.8. The molecule has 554 valence electrons. The Labute approximate surface area is 617 Å². The maximum atomic E-state index is 2.91. The highest BCUT2D eigenvalue weighted by Gasteiger charge is 2.42. The van der Waals surface area contributed by atoms with E-state index in [-0.39, 0.29) is 26.9 Å². The summed E-state index contributed by atoms with van der Waals surface area (Å²) in [6.07, 6.45) is 14.6. The monoisotopic (exact) mass is 1390 g/mol. The van der Waals surface area contributed by atoms with Crippen LogP contribution in [0.3, 0.4) is 0 Å². The quantitative estimate of drug-likeness (QED) is 0.120. The van der Waals surface area contributed by atoms with Gasteiger partial charge in [-0.05, 0) is 259 Å². The molecule has 6 aromatic rings. The molecule has 2 aliphatic carbocycles. The Balaban J connectivity index is 0.000000314. The van der Waals surface area contributed by atoms with Crippen molar-refractivity contribution in [3.8, 4) is 0 Å². The van der Waals surface area contributed by atoms with E-state index in [2.05, 4.69) is 395 Å². The normalized spacial score (nSPS) is 14.5. The lowest BCUT2D eigenvalue weighted by Crippen LogP contribution is -2.54. The van der Waals surface area contributed by atoms with Gasteiger partial charge in [0, 0.05) is 68.9 Å². The number of rotatable bonds is 11. The summed E-state index contributed by atoms with van der Waals surface area (Å²) in [5.74, 6) is 0. The van der Waals surface area contributed by atoms with Crippen LogP contribution in [0.5, 0.6) is 0 Å². The molecule has 2 saturated carbocycles. The summed E-state index contributed by atoms with van der Waals surface area (Å²) in [6.45, 7) is 80.9. The van der Waals surface area contributed by atoms with Crippen molar-refractivity contribution in [2.75, 3.05) is 14.7 Å². The second-order valence-electron chi connectivity index (χ2n) is 37.0. The highest BCUT2D eigenvalue weighted by atomic mass is 31.1. The topological polar surface area (TPSA) is 13.0 Å². The molecule has 0 atom stereocenters. The van der Waals surface area contributed by atoms with E-state index in [9.17, 15) is 0 Å². The van der Waals surface area contributed by atoms with Gasteiger partial charge in [-0.2, -0.15) is 0 Å². The summed E-state index contributed by atoms with van der Waals surface area (Å²) < 4.78 is 0. The van der Waals surface area contributed by atoms with Gasteiger partial charge < -0.3 is 14.7 Å². The largest absolute Gasteiger partial charge is 0.338 e. The molecule has 0 aromatic heterocycles. The minimum absolute atomic E-state index is 0.00948. The van der Waals surface area contributed by atoms with Crippen LogP contribution in [0.15, 0.2) is 133 Å². The van der Waals surface area contributed by atoms with Crippen molar-refractivity contribution in [1.29, 1.82) is 0 Å². The van der Waals surface area contributed by atoms with Crippen molar-refractivity contribution >= 4 is 50.0 Å². The SMILES string of the molecule is CC(C)(C)N(C1CCCCC1)C1CCCCC1.CC(C)(C)N(c1ccccc1)c1ccccc1.CC(C)(C)P(C(C)(C)C)C(C)(C)C.CC(C)P(C(C)C)C(C)(C)C.Cc1cc(C)c(N(c2c(C)cc(C)cc2C)C(C)(C)C)c(C)c1.Cc1ccccc1N(c1ccccc1C)C(C)C. The zero-order valence-electron chi connectivity index (χ0n) is 70.8. The smallest absolute Gasteiger partial charge is 0.0475 e. The first-order valence-corrected chi connectivity index (χ1v) is 41.4. The van der Waals surface area contributed by atoms with Gasteiger partial charge in [-0.25, -0.2) is 0 Å². The third-order valence-electron chi connectivity index (χ3n) is 19.0. The fourth-order valence-corrected chi connectivity index (χ4v) is 27.9. The van der Waals surface area contributed by atoms with E-state index in [4.69, 9.17) is 0 Å². The average Bonchev–Trinajstić information content (AvgIpc) is 0.767. The molecule has 0 unspecified atom stereocenters. The lowest BCUT2D eigenvalue weighted by molar-refractivity contribution is 0.00192. The van der Waals surface area contributed by atoms with Gasteiger partial charge in [-0.3, -0.25) is 4.90 Å². The number of hydrogen-bond donors (Lipinski definition) is 0. The molecule has 0 heterocycles. The summed E-state index contributed by atoms with van der Waals surface area (Å²) in [6, 6.07) is 49.5. The third-order valence-corrected chi connectivity index (χ3v) is 26.8. The second-order valence-corrected chi connectivity index (χ2v) is 45.9. The van der Waals surface area contributed by atoms with Crippen LogP contribution >= 0.6 is 15.8 Å². The average molecular weight is 1390 g/mol. The molecule has 0 aliphatic heterocycles. The first-order chi connectivity index (χ1) is 45.4. The van der Waals surface area contributed by atoms with Crippen LogP contribution in [0.25, 0.3) is 0 Å². The fourth-order valence-electron chi connectivity index (χ4n) is 17.5. The van der Waals surface area contributed by atoms with Gasteiger partial charge in [-0.1, -0.05) is 273 Å². The highest BCUT2D eigenvalue weighted by Crippen LogP contribution is 2.67. The number of hydrogen-bond acceptors (Lipinski definition) is 4. The number of nitrogens with zero attached hydrogens (tertiary/aromatic N) is 4. The zero-order chi connectivity index (χ0) is 75.6. The Morgan fingerprint density at radius 2 is 0.606 bits per heavy atom. The summed E-state index contributed by atoms with van der Waals surface area (Å²) in [4.78, 5) is 10.2. The first-order valence-electron chi connectivity index (χ1n) is 38.6. The standard InChI is InChI=1S/C22H31N.C17H21N.C16H31N.C16H19N.C12H27P.C10H23P/c1-14-10-16(3)20(17(4)11-14)23(22(7,8)9)21-18(5)12-15(2)13-19(21)6;1-13(2)18(16-11-7-5-9-14(16)3)17-12-8-6-10-15(17)4;2*1-16(2,3)17(14-10-6-4-7-11-14)15-12-8-5-9-13-15;1-10(2,3)13(11(4,5)6)12(7,8)9;1-8(2)11(9(3)4)10(5,6)7/h10-13H,1-9H3;5-13H,1-4H3;14-15H,4-13H2,1-3H3;4-13H,1-3H3;1-9H3;8-9H,1-7H3. The number of benzene rings is 6. The number of aryl methyl sites for hydroxylation is 8. The van der Waals surface area contributed by atoms with Gasteiger partial charge in [0.1, 0.15) is 0 Å². The van der Waals surface area contributed by atoms with Crippen molar-refractivity contribution in [2.24, 2.45) is 0 Å². The Hall–Kier alpha value is -4.46. The van der Waals surface area contributed by atoms with E-state index in [1.807, 2.05) is 0 Å². The number of para-hydroxylation sites is 4. The van der Waals surface area contributed by atoms with Crippen molar-refractivity contribution in [2.45, 2.75) is 373 Å². The van der Waals surface area contributed by atoms with Crippen LogP contribution in [0.2, 0.25) is 0 Å². The van der Waals surface area contributed by atoms with Crippen molar-refractivity contribution < 1.29 is 0 Å². The molecule has 2 aliphatic rings. The van der Waals surface area contributed by atoms with Crippen molar-refractivity contribution in [3.05, 3.63) is 178 Å². The molecule has 6 aromatic carbocycles. The van der Waals surface area contributed by atoms with E-state index < -0.39 is 0 Å². The molecule has 4 nitrogen and oxygen atoms in total. The van der Waals surface area contributed by atoms with E-state index >= 15 is 0 Å². The minimum atomic E-state index is 0.00948. The predicted octanol–water partition coefficient (Wildman–Crippen LogP) is 29.6. The summed E-state index contributed by atoms with van der Waals surface area (Å²) in [7, 11) is 0.197. The lowest BCUT2D eigenvalue weighted by atomic mass is 9.85. The third kappa shape index (κ3) is 27.9. The Morgan fingerprint density at radius 3 is 0.818 bits per heavy atom. The molecule has 0 amide bonds. The molecule has 2 fully saturated rings. The maximum Gasteiger partial charge on any atom is 0.0475 e. The van der Waals surface area contributed by atoms with Gasteiger partial charge in [0.25, 0.3) is 0 Å². The summed E-state index contributed by atoms with van der Waals surface area (Å²) in [5, 5.41) is 1.88. The molecule has 0 N–H and O–H groups in total. The molecule has 8 rings (SSSR count). The molecule has 0 bridgehead atoms. The van der Waals surface area contributed by atoms with E-state index in [0.717, 1.165) is 23.4 Å². The van der Waals surface area contributed by atoms with E-state index in [0.29, 0.717) is 32.2 Å². The van der Waals surface area contributed by atoms with Crippen LogP contribution in [-0.2, 0) is 0 Å². The second kappa shape index (κ2) is 38.3. The summed E-state index contributed by atoms with van der Waals surface area (Å²) in [5.41, 5.74) is 20.6. The lowest BCUT2D eigenvalue weighted by Gasteiger charge is -2.49. The Bertz CT molecular complexity index is 3030. The van der Waals surface area contributed by atoms with E-state index in [1.54, 1.807) is 0 Å². The van der Waals surface area contributed by atoms with Crippen LogP contribution < -0.4 is 14.7 Å². The molecule has 99 heavy (non-hydrogen) atoms. The van der Waals surface area contributed by atoms with Crippen LogP contribution in [0, 0.1) is 55.4 Å². The molecule has 0 radical (unpaired) electrons. The summed E-state index contributed by atoms with van der Waals surface area (Å²) >= 11 is 0. The minimum Gasteiger partial charge on any atom is -0.338 e. The zero-order valence-corrected chi connectivity index (χ0v) is 72.6. The highest BCUT2D eigenvalue weighted by molar-refractivity contribution is 7.62. The van der Waals surface area contributed by atoms with Crippen LogP contribution in [0.1, 0.15) is 296 Å². The molecule has 6 heteroatoms. The van der Waals surface area contributed by atoms with Gasteiger partial charge in [0.15, 0.2) is 0 Å². The molecule has 0 spiro atoms. The molecular formula is C93H152N4P2. The van der Waals surface area contributed by atoms with Crippen LogP contribution in [0.4, 0.5) is 34.1 Å². The Morgan fingerprint density at radius 1 is 0.323 bits per heavy atom. The van der Waals surface area contributed by atoms with Crippen LogP contribution in [-0.4, -0.2) is 71.6 Å². The fraction of sp³-hybridized carbons (Fsp3) is 0.613. The van der Waals surface area contributed by atoms with E-state index in [1.165, 1.54) is 143 Å². The van der Waals surface area contributed by atoms with Crippen molar-refractivity contribution in [3.63, 3.8) is 0 Å². The predicted molar refractivity (Wildman–Crippen MR) is 456 cm³/mol. The maximum absolute atomic E-state index is 2.91. The molecule has 0 saturated heterocycles. The van der Waals surface area contributed by atoms with Crippen molar-refractivity contribution in [1.82, 2.24) is 4.90 Å². The Kier molecular flexibility index (Phi) is 34.4. The van der Waals surface area contributed by atoms with Gasteiger partial charge in [0.2, 0.25) is 0 Å². The van der Waals surface area contributed by atoms with Gasteiger partial charge in [0.05, 0.1) is 0 Å². The molecular weight excluding hydrogens is 1230 g/mol. The number of anilines is 6.